The van der Waals surface area contributed by atoms with Crippen molar-refractivity contribution in [2.75, 3.05) is 25.5 Å². The molecule has 0 bridgehead atoms. The van der Waals surface area contributed by atoms with Crippen LogP contribution < -0.4 is 5.32 Å². The van der Waals surface area contributed by atoms with Gasteiger partial charge in [-0.2, -0.15) is 0 Å². The van der Waals surface area contributed by atoms with Gasteiger partial charge in [-0.25, -0.2) is 11.4 Å². The highest BCUT2D eigenvalue weighted by molar-refractivity contribution is 6.14. The minimum absolute atomic E-state index is 0.0241. The fourth-order valence-corrected chi connectivity index (χ4v) is 4.33. The average Bonchev–Trinajstić information content (AvgIpc) is 3.20. The SMILES string of the molecule is [C-]#[N+]C(C(=O)OC)C(=NC1CCCCN(CC(=O)c2ccccc2)C1=O)Nc1ccc2oc(C)cc2c1. The van der Waals surface area contributed by atoms with E-state index >= 15 is 0 Å². The summed E-state index contributed by atoms with van der Waals surface area (Å²) in [6.45, 7) is 9.83. The predicted molar refractivity (Wildman–Crippen MR) is 139 cm³/mol. The number of ketones is 1. The van der Waals surface area contributed by atoms with Crippen molar-refractivity contribution >= 4 is 40.2 Å². The summed E-state index contributed by atoms with van der Waals surface area (Å²) in [5.41, 5.74) is 1.82. The van der Waals surface area contributed by atoms with Gasteiger partial charge in [0.15, 0.2) is 11.6 Å². The Kier molecular flexibility index (Phi) is 7.98. The van der Waals surface area contributed by atoms with Crippen LogP contribution in [0.1, 0.15) is 35.4 Å². The van der Waals surface area contributed by atoms with Crippen molar-refractivity contribution in [3.05, 3.63) is 77.3 Å². The molecule has 9 heteroatoms. The third-order valence-corrected chi connectivity index (χ3v) is 6.20. The van der Waals surface area contributed by atoms with E-state index in [1.54, 1.807) is 36.4 Å². The third kappa shape index (κ3) is 6.04. The van der Waals surface area contributed by atoms with Crippen LogP contribution in [-0.2, 0) is 14.3 Å². The Balaban J connectivity index is 1.63. The Hall–Kier alpha value is -4.45. The summed E-state index contributed by atoms with van der Waals surface area (Å²) in [4.78, 5) is 48.2. The topological polar surface area (TPSA) is 106 Å². The lowest BCUT2D eigenvalue weighted by Gasteiger charge is -2.23. The van der Waals surface area contributed by atoms with Gasteiger partial charge in [0.25, 0.3) is 0 Å². The van der Waals surface area contributed by atoms with Gasteiger partial charge in [-0.1, -0.05) is 30.3 Å². The van der Waals surface area contributed by atoms with E-state index < -0.39 is 18.1 Å². The lowest BCUT2D eigenvalue weighted by Crippen LogP contribution is -2.42. The molecule has 1 aromatic heterocycles. The zero-order chi connectivity index (χ0) is 26.4. The van der Waals surface area contributed by atoms with Crippen molar-refractivity contribution in [2.45, 2.75) is 38.3 Å². The lowest BCUT2D eigenvalue weighted by molar-refractivity contribution is -0.139. The molecule has 0 aliphatic carbocycles. The molecule has 1 aliphatic heterocycles. The molecule has 0 radical (unpaired) electrons. The highest BCUT2D eigenvalue weighted by atomic mass is 16.5. The van der Waals surface area contributed by atoms with Crippen LogP contribution in [-0.4, -0.2) is 60.7 Å². The number of esters is 1. The van der Waals surface area contributed by atoms with Crippen molar-refractivity contribution in [2.24, 2.45) is 4.99 Å². The number of anilines is 1. The maximum atomic E-state index is 13.5. The van der Waals surface area contributed by atoms with E-state index in [1.807, 2.05) is 25.1 Å². The number of methoxy groups -OCH3 is 1. The molecule has 37 heavy (non-hydrogen) atoms. The number of amides is 1. The number of ether oxygens (including phenoxy) is 1. The van der Waals surface area contributed by atoms with Crippen molar-refractivity contribution in [1.29, 1.82) is 0 Å². The molecule has 2 atom stereocenters. The molecule has 2 heterocycles. The number of rotatable bonds is 7. The molecule has 9 nitrogen and oxygen atoms in total. The van der Waals surface area contributed by atoms with Gasteiger partial charge >= 0.3 is 12.0 Å². The number of hydrogen-bond donors (Lipinski definition) is 1. The number of likely N-dealkylation sites (tertiary alicyclic amines) is 1. The normalized spacial score (nSPS) is 17.1. The first-order chi connectivity index (χ1) is 17.9. The first-order valence-corrected chi connectivity index (χ1v) is 12.1. The standard InChI is InChI=1S/C28H28N4O5/c1-18-15-20-16-21(12-13-24(20)37-18)30-26(25(29-2)28(35)36-3)31-22-11-7-8-14-32(27(22)34)17-23(33)19-9-5-4-6-10-19/h4-6,9-10,12-13,15-16,22,25H,7-8,11,14,17H2,1,3H3,(H,30,31). The number of hydrogen-bond acceptors (Lipinski definition) is 6. The Morgan fingerprint density at radius 2 is 2.00 bits per heavy atom. The average molecular weight is 501 g/mol. The molecule has 1 N–H and O–H groups in total. The second-order valence-electron chi connectivity index (χ2n) is 8.86. The molecular formula is C28H28N4O5. The summed E-state index contributed by atoms with van der Waals surface area (Å²) in [5.74, 6) is -0.469. The molecule has 4 rings (SSSR count). The van der Waals surface area contributed by atoms with Gasteiger partial charge in [-0.05, 0) is 50.5 Å². The number of aryl methyl sites for hydroxylation is 1. The first kappa shape index (κ1) is 25.6. The maximum absolute atomic E-state index is 13.5. The number of Topliss-reactive ketones (excluding diaryl/α,β-unsaturated/α-hetero) is 1. The molecule has 1 amide bonds. The fraction of sp³-hybridized carbons (Fsp3) is 0.321. The number of nitrogens with one attached hydrogen (secondary N) is 1. The molecule has 0 spiro atoms. The molecule has 0 saturated carbocycles. The highest BCUT2D eigenvalue weighted by Crippen LogP contribution is 2.24. The largest absolute Gasteiger partial charge is 0.463 e. The number of aliphatic imine (C=N–C) groups is 1. The van der Waals surface area contributed by atoms with E-state index in [9.17, 15) is 14.4 Å². The number of amidine groups is 1. The van der Waals surface area contributed by atoms with Crippen molar-refractivity contribution in [1.82, 2.24) is 4.90 Å². The van der Waals surface area contributed by atoms with E-state index in [0.717, 1.165) is 17.6 Å². The minimum Gasteiger partial charge on any atom is -0.463 e. The Labute approximate surface area is 214 Å². The zero-order valence-corrected chi connectivity index (χ0v) is 20.8. The molecular weight excluding hydrogens is 472 g/mol. The van der Waals surface area contributed by atoms with Crippen molar-refractivity contribution < 1.29 is 23.5 Å². The summed E-state index contributed by atoms with van der Waals surface area (Å²) in [6.07, 6.45) is 1.87. The number of nitrogens with zero attached hydrogens (tertiary/aromatic N) is 3. The summed E-state index contributed by atoms with van der Waals surface area (Å²) in [7, 11) is 1.20. The van der Waals surface area contributed by atoms with Crippen LogP contribution in [0, 0.1) is 13.5 Å². The molecule has 3 aromatic rings. The molecule has 1 saturated heterocycles. The summed E-state index contributed by atoms with van der Waals surface area (Å²) in [6, 6.07) is 13.8. The maximum Gasteiger partial charge on any atom is 0.398 e. The van der Waals surface area contributed by atoms with Gasteiger partial charge in [0.2, 0.25) is 5.91 Å². The minimum atomic E-state index is -1.37. The van der Waals surface area contributed by atoms with Crippen LogP contribution in [0.5, 0.6) is 0 Å². The van der Waals surface area contributed by atoms with Crippen LogP contribution in [0.4, 0.5) is 5.69 Å². The third-order valence-electron chi connectivity index (χ3n) is 6.20. The van der Waals surface area contributed by atoms with Gasteiger partial charge in [-0.15, -0.1) is 0 Å². The fourth-order valence-electron chi connectivity index (χ4n) is 4.33. The molecule has 190 valence electrons. The van der Waals surface area contributed by atoms with Crippen LogP contribution in [0.25, 0.3) is 15.8 Å². The Bertz CT molecular complexity index is 1370. The van der Waals surface area contributed by atoms with Gasteiger partial charge in [0, 0.05) is 23.2 Å². The molecule has 2 unspecified atom stereocenters. The molecule has 1 aliphatic rings. The van der Waals surface area contributed by atoms with Crippen LogP contribution in [0.2, 0.25) is 0 Å². The van der Waals surface area contributed by atoms with Crippen LogP contribution >= 0.6 is 0 Å². The number of carbonyl (C=O) groups is 3. The first-order valence-electron chi connectivity index (χ1n) is 12.1. The molecule has 2 aromatic carbocycles. The predicted octanol–water partition coefficient (Wildman–Crippen LogP) is 4.28. The highest BCUT2D eigenvalue weighted by Gasteiger charge is 2.35. The Morgan fingerprint density at radius 1 is 1.22 bits per heavy atom. The summed E-state index contributed by atoms with van der Waals surface area (Å²) in [5, 5.41) is 3.92. The van der Waals surface area contributed by atoms with E-state index in [2.05, 4.69) is 15.2 Å². The van der Waals surface area contributed by atoms with Gasteiger partial charge in [-0.3, -0.25) is 19.4 Å². The quantitative estimate of drug-likeness (QED) is 0.171. The monoisotopic (exact) mass is 500 g/mol. The van der Waals surface area contributed by atoms with Crippen LogP contribution in [0.15, 0.2) is 64.0 Å². The van der Waals surface area contributed by atoms with Crippen LogP contribution in [0.3, 0.4) is 0 Å². The van der Waals surface area contributed by atoms with Crippen molar-refractivity contribution in [3.63, 3.8) is 0 Å². The molecule has 1 fully saturated rings. The van der Waals surface area contributed by atoms with Gasteiger partial charge < -0.3 is 19.4 Å². The van der Waals surface area contributed by atoms with E-state index in [0.29, 0.717) is 36.2 Å². The number of furan rings is 1. The Morgan fingerprint density at radius 3 is 2.73 bits per heavy atom. The zero-order valence-electron chi connectivity index (χ0n) is 20.8. The number of carbonyl (C=O) groups excluding carboxylic acids is 3. The smallest absolute Gasteiger partial charge is 0.398 e. The second-order valence-corrected chi connectivity index (χ2v) is 8.86. The lowest BCUT2D eigenvalue weighted by atomic mass is 10.1. The van der Waals surface area contributed by atoms with Gasteiger partial charge in [0.05, 0.1) is 13.7 Å². The van der Waals surface area contributed by atoms with E-state index in [-0.39, 0.29) is 24.1 Å². The number of benzene rings is 2. The summed E-state index contributed by atoms with van der Waals surface area (Å²) < 4.78 is 10.4. The second kappa shape index (κ2) is 11.5. The number of fused-ring (bicyclic) bond motifs is 1. The summed E-state index contributed by atoms with van der Waals surface area (Å²) >= 11 is 0. The van der Waals surface area contributed by atoms with Gasteiger partial charge in [0.1, 0.15) is 17.4 Å². The van der Waals surface area contributed by atoms with Crippen molar-refractivity contribution in [3.8, 4) is 0 Å². The van der Waals surface area contributed by atoms with E-state index in [1.165, 1.54) is 12.0 Å². The van der Waals surface area contributed by atoms with E-state index in [4.69, 9.17) is 15.7 Å².